The Morgan fingerprint density at radius 1 is 1.47 bits per heavy atom. The topological polar surface area (TPSA) is 32.3 Å². The van der Waals surface area contributed by atoms with E-state index < -0.39 is 0 Å². The molecule has 17 heavy (non-hydrogen) atoms. The Hall–Kier alpha value is -1.51. The monoisotopic (exact) mass is 230 g/mol. The van der Waals surface area contributed by atoms with Gasteiger partial charge in [0.05, 0.1) is 5.56 Å². The van der Waals surface area contributed by atoms with E-state index in [1.54, 1.807) is 0 Å². The van der Waals surface area contributed by atoms with E-state index in [0.717, 1.165) is 36.2 Å². The fourth-order valence-corrected chi connectivity index (χ4v) is 2.97. The first-order valence-electron chi connectivity index (χ1n) is 6.41. The summed E-state index contributed by atoms with van der Waals surface area (Å²) < 4.78 is 0. The van der Waals surface area contributed by atoms with Crippen molar-refractivity contribution in [3.05, 3.63) is 29.3 Å². The SMILES string of the molecule is CCc1cccc2c1C(=O)N1CCC(C)C1N2. The lowest BCUT2D eigenvalue weighted by atomic mass is 9.98. The zero-order valence-corrected chi connectivity index (χ0v) is 10.4. The van der Waals surface area contributed by atoms with Crippen LogP contribution in [-0.4, -0.2) is 23.5 Å². The van der Waals surface area contributed by atoms with E-state index in [4.69, 9.17) is 0 Å². The first kappa shape index (κ1) is 10.6. The highest BCUT2D eigenvalue weighted by atomic mass is 16.2. The number of carbonyl (C=O) groups excluding carboxylic acids is 1. The molecule has 3 nitrogen and oxygen atoms in total. The van der Waals surface area contributed by atoms with Gasteiger partial charge in [0.25, 0.3) is 5.91 Å². The minimum absolute atomic E-state index is 0.196. The second kappa shape index (κ2) is 3.76. The van der Waals surface area contributed by atoms with Gasteiger partial charge in [-0.05, 0) is 30.4 Å². The number of rotatable bonds is 1. The molecule has 2 atom stereocenters. The molecule has 2 unspecified atom stereocenters. The number of anilines is 1. The Bertz CT molecular complexity index is 469. The number of hydrogen-bond donors (Lipinski definition) is 1. The van der Waals surface area contributed by atoms with Crippen LogP contribution in [0.1, 0.15) is 36.2 Å². The van der Waals surface area contributed by atoms with E-state index in [1.807, 2.05) is 17.0 Å². The number of carbonyl (C=O) groups is 1. The number of nitrogens with one attached hydrogen (secondary N) is 1. The smallest absolute Gasteiger partial charge is 0.257 e. The molecule has 0 aliphatic carbocycles. The number of fused-ring (bicyclic) bond motifs is 2. The van der Waals surface area contributed by atoms with Crippen molar-refractivity contribution in [2.24, 2.45) is 5.92 Å². The predicted octanol–water partition coefficient (Wildman–Crippen LogP) is 2.48. The van der Waals surface area contributed by atoms with Gasteiger partial charge in [-0.2, -0.15) is 0 Å². The van der Waals surface area contributed by atoms with Crippen LogP contribution in [0.2, 0.25) is 0 Å². The molecular formula is C14H18N2O. The molecule has 3 rings (SSSR count). The summed E-state index contributed by atoms with van der Waals surface area (Å²) in [6, 6.07) is 6.11. The quantitative estimate of drug-likeness (QED) is 0.804. The van der Waals surface area contributed by atoms with E-state index >= 15 is 0 Å². The van der Waals surface area contributed by atoms with E-state index in [1.165, 1.54) is 0 Å². The summed E-state index contributed by atoms with van der Waals surface area (Å²) in [7, 11) is 0. The fourth-order valence-electron chi connectivity index (χ4n) is 2.97. The molecule has 0 saturated carbocycles. The highest BCUT2D eigenvalue weighted by Gasteiger charge is 2.39. The normalized spacial score (nSPS) is 26.5. The van der Waals surface area contributed by atoms with Crippen LogP contribution in [0.15, 0.2) is 18.2 Å². The van der Waals surface area contributed by atoms with Crippen molar-refractivity contribution < 1.29 is 4.79 Å². The third-order valence-corrected chi connectivity index (χ3v) is 4.01. The van der Waals surface area contributed by atoms with Crippen molar-refractivity contribution >= 4 is 11.6 Å². The molecule has 3 heteroatoms. The second-order valence-corrected chi connectivity index (χ2v) is 5.05. The third kappa shape index (κ3) is 1.45. The summed E-state index contributed by atoms with van der Waals surface area (Å²) in [5.74, 6) is 0.753. The first-order chi connectivity index (χ1) is 8.22. The van der Waals surface area contributed by atoms with Gasteiger partial charge in [0.1, 0.15) is 6.17 Å². The minimum atomic E-state index is 0.196. The second-order valence-electron chi connectivity index (χ2n) is 5.05. The number of aryl methyl sites for hydroxylation is 1. The Morgan fingerprint density at radius 2 is 2.29 bits per heavy atom. The number of hydrogen-bond acceptors (Lipinski definition) is 2. The standard InChI is InChI=1S/C14H18N2O/c1-3-10-5-4-6-11-12(10)14(17)16-8-7-9(2)13(16)15-11/h4-6,9,13,15H,3,7-8H2,1-2H3. The van der Waals surface area contributed by atoms with Crippen LogP contribution in [-0.2, 0) is 6.42 Å². The maximum absolute atomic E-state index is 12.5. The van der Waals surface area contributed by atoms with Gasteiger partial charge in [-0.15, -0.1) is 0 Å². The lowest BCUT2D eigenvalue weighted by Gasteiger charge is -2.35. The Balaban J connectivity index is 2.09. The lowest BCUT2D eigenvalue weighted by molar-refractivity contribution is 0.0726. The van der Waals surface area contributed by atoms with E-state index in [-0.39, 0.29) is 12.1 Å². The minimum Gasteiger partial charge on any atom is -0.364 e. The van der Waals surface area contributed by atoms with Crippen LogP contribution >= 0.6 is 0 Å². The van der Waals surface area contributed by atoms with E-state index in [0.29, 0.717) is 5.92 Å². The molecule has 1 aromatic rings. The number of benzene rings is 1. The van der Waals surface area contributed by atoms with Crippen LogP contribution in [0.5, 0.6) is 0 Å². The largest absolute Gasteiger partial charge is 0.364 e. The Morgan fingerprint density at radius 3 is 3.06 bits per heavy atom. The average molecular weight is 230 g/mol. The summed E-state index contributed by atoms with van der Waals surface area (Å²) in [6.45, 7) is 5.19. The highest BCUT2D eigenvalue weighted by Crippen LogP contribution is 2.35. The van der Waals surface area contributed by atoms with E-state index in [2.05, 4.69) is 25.2 Å². The van der Waals surface area contributed by atoms with Crippen LogP contribution in [0.3, 0.4) is 0 Å². The fraction of sp³-hybridized carbons (Fsp3) is 0.500. The number of amides is 1. The Kier molecular flexibility index (Phi) is 2.35. The van der Waals surface area contributed by atoms with Crippen LogP contribution in [0.4, 0.5) is 5.69 Å². The molecule has 0 spiro atoms. The van der Waals surface area contributed by atoms with Crippen molar-refractivity contribution in [1.82, 2.24) is 4.90 Å². The lowest BCUT2D eigenvalue weighted by Crippen LogP contribution is -2.47. The molecule has 2 aliphatic heterocycles. The molecule has 1 N–H and O–H groups in total. The highest BCUT2D eigenvalue weighted by molar-refractivity contribution is 6.03. The molecule has 1 amide bonds. The predicted molar refractivity (Wildman–Crippen MR) is 68.0 cm³/mol. The average Bonchev–Trinajstić information content (AvgIpc) is 2.71. The zero-order chi connectivity index (χ0) is 12.0. The van der Waals surface area contributed by atoms with Gasteiger partial charge < -0.3 is 10.2 Å². The van der Waals surface area contributed by atoms with Gasteiger partial charge in [-0.25, -0.2) is 0 Å². The third-order valence-electron chi connectivity index (χ3n) is 4.01. The molecule has 0 bridgehead atoms. The maximum Gasteiger partial charge on any atom is 0.257 e. The van der Waals surface area contributed by atoms with Gasteiger partial charge in [-0.1, -0.05) is 26.0 Å². The van der Waals surface area contributed by atoms with Gasteiger partial charge in [-0.3, -0.25) is 4.79 Å². The first-order valence-corrected chi connectivity index (χ1v) is 6.41. The van der Waals surface area contributed by atoms with E-state index in [9.17, 15) is 4.79 Å². The van der Waals surface area contributed by atoms with Crippen LogP contribution < -0.4 is 5.32 Å². The van der Waals surface area contributed by atoms with Gasteiger partial charge >= 0.3 is 0 Å². The van der Waals surface area contributed by atoms with Gasteiger partial charge in [0, 0.05) is 12.2 Å². The Labute approximate surface area is 102 Å². The molecule has 90 valence electrons. The van der Waals surface area contributed by atoms with Crippen molar-refractivity contribution in [1.29, 1.82) is 0 Å². The molecular weight excluding hydrogens is 212 g/mol. The van der Waals surface area contributed by atoms with Crippen LogP contribution in [0, 0.1) is 5.92 Å². The number of nitrogens with zero attached hydrogens (tertiary/aromatic N) is 1. The molecule has 1 fully saturated rings. The van der Waals surface area contributed by atoms with Gasteiger partial charge in [0.15, 0.2) is 0 Å². The van der Waals surface area contributed by atoms with Gasteiger partial charge in [0.2, 0.25) is 0 Å². The molecule has 1 saturated heterocycles. The summed E-state index contributed by atoms with van der Waals surface area (Å²) in [5.41, 5.74) is 3.06. The summed E-state index contributed by atoms with van der Waals surface area (Å²) in [5, 5.41) is 3.52. The zero-order valence-electron chi connectivity index (χ0n) is 10.4. The summed E-state index contributed by atoms with van der Waals surface area (Å²) >= 11 is 0. The molecule has 2 heterocycles. The van der Waals surface area contributed by atoms with Crippen molar-refractivity contribution in [2.75, 3.05) is 11.9 Å². The maximum atomic E-state index is 12.5. The summed E-state index contributed by atoms with van der Waals surface area (Å²) in [6.07, 6.45) is 2.20. The van der Waals surface area contributed by atoms with Crippen LogP contribution in [0.25, 0.3) is 0 Å². The van der Waals surface area contributed by atoms with Crippen molar-refractivity contribution in [3.8, 4) is 0 Å². The summed E-state index contributed by atoms with van der Waals surface area (Å²) in [4.78, 5) is 14.5. The van der Waals surface area contributed by atoms with Crippen molar-refractivity contribution in [3.63, 3.8) is 0 Å². The van der Waals surface area contributed by atoms with Crippen molar-refractivity contribution in [2.45, 2.75) is 32.9 Å². The molecule has 0 aromatic heterocycles. The molecule has 0 radical (unpaired) electrons. The molecule has 2 aliphatic rings. The molecule has 1 aromatic carbocycles.